The summed E-state index contributed by atoms with van der Waals surface area (Å²) in [6, 6.07) is 0. The van der Waals surface area contributed by atoms with Crippen LogP contribution in [0.1, 0.15) is 40.0 Å². The second-order valence-electron chi connectivity index (χ2n) is 4.42. The molecule has 1 atom stereocenters. The molecule has 0 radical (unpaired) electrons. The van der Waals surface area contributed by atoms with Crippen molar-refractivity contribution in [2.24, 2.45) is 0 Å². The summed E-state index contributed by atoms with van der Waals surface area (Å²) in [6.45, 7) is 8.58. The zero-order valence-corrected chi connectivity index (χ0v) is 8.51. The zero-order chi connectivity index (χ0) is 9.19. The van der Waals surface area contributed by atoms with E-state index in [2.05, 4.69) is 18.7 Å². The first-order chi connectivity index (χ1) is 5.56. The van der Waals surface area contributed by atoms with Crippen molar-refractivity contribution in [1.82, 2.24) is 4.90 Å². The zero-order valence-electron chi connectivity index (χ0n) is 8.51. The van der Waals surface area contributed by atoms with Gasteiger partial charge in [0.1, 0.15) is 0 Å². The highest BCUT2D eigenvalue weighted by Crippen LogP contribution is 2.28. The third kappa shape index (κ3) is 2.20. The predicted octanol–water partition coefficient (Wildman–Crippen LogP) is 1.63. The molecule has 1 N–H and O–H groups in total. The molecular weight excluding hydrogens is 150 g/mol. The maximum absolute atomic E-state index is 9.51. The lowest BCUT2D eigenvalue weighted by molar-refractivity contribution is 0.0758. The topological polar surface area (TPSA) is 23.5 Å². The van der Waals surface area contributed by atoms with E-state index in [0.29, 0.717) is 5.54 Å². The summed E-state index contributed by atoms with van der Waals surface area (Å²) in [4.78, 5) is 2.40. The van der Waals surface area contributed by atoms with Crippen LogP contribution in [0.25, 0.3) is 0 Å². The molecule has 12 heavy (non-hydrogen) atoms. The summed E-state index contributed by atoms with van der Waals surface area (Å²) >= 11 is 0. The minimum absolute atomic E-state index is 0.137. The summed E-state index contributed by atoms with van der Waals surface area (Å²) in [5, 5.41) is 9.51. The molecule has 1 fully saturated rings. The lowest BCUT2D eigenvalue weighted by Crippen LogP contribution is -2.42. The molecule has 1 aliphatic rings. The number of aliphatic hydroxyl groups excluding tert-OH is 1. The first-order valence-electron chi connectivity index (χ1n) is 4.99. The Kier molecular flexibility index (Phi) is 3.13. The van der Waals surface area contributed by atoms with Gasteiger partial charge in [-0.15, -0.1) is 0 Å². The highest BCUT2D eigenvalue weighted by molar-refractivity contribution is 4.88. The molecule has 0 unspecified atom stereocenters. The van der Waals surface area contributed by atoms with Crippen molar-refractivity contribution in [3.05, 3.63) is 0 Å². The lowest BCUT2D eigenvalue weighted by Gasteiger charge is -2.32. The van der Waals surface area contributed by atoms with E-state index in [-0.39, 0.29) is 6.10 Å². The van der Waals surface area contributed by atoms with Crippen molar-refractivity contribution in [1.29, 1.82) is 0 Å². The van der Waals surface area contributed by atoms with Crippen LogP contribution in [0, 0.1) is 0 Å². The van der Waals surface area contributed by atoms with Crippen LogP contribution in [-0.2, 0) is 0 Å². The van der Waals surface area contributed by atoms with Gasteiger partial charge in [-0.1, -0.05) is 6.92 Å². The Hall–Kier alpha value is -0.0800. The maximum Gasteiger partial charge on any atom is 0.0664 e. The first kappa shape index (κ1) is 10.0. The highest BCUT2D eigenvalue weighted by atomic mass is 16.3. The molecule has 0 saturated carbocycles. The fraction of sp³-hybridized carbons (Fsp3) is 1.00. The van der Waals surface area contributed by atoms with E-state index in [1.165, 1.54) is 12.8 Å². The predicted molar refractivity (Wildman–Crippen MR) is 51.2 cm³/mol. The number of likely N-dealkylation sites (tertiary alicyclic amines) is 1. The molecular formula is C10H21NO. The van der Waals surface area contributed by atoms with Crippen LogP contribution < -0.4 is 0 Å². The Morgan fingerprint density at radius 1 is 1.50 bits per heavy atom. The van der Waals surface area contributed by atoms with Crippen molar-refractivity contribution in [3.63, 3.8) is 0 Å². The molecule has 0 bridgehead atoms. The van der Waals surface area contributed by atoms with Crippen molar-refractivity contribution >= 4 is 0 Å². The molecule has 72 valence electrons. The van der Waals surface area contributed by atoms with Gasteiger partial charge in [-0.25, -0.2) is 0 Å². The molecule has 0 aromatic rings. The molecule has 1 heterocycles. The van der Waals surface area contributed by atoms with E-state index in [1.54, 1.807) is 0 Å². The number of β-amino-alcohol motifs (C(OH)–C–C–N with tert-alkyl or cyclic N) is 1. The standard InChI is InChI=1S/C10H21NO/c1-4-9(12)8-11-7-5-6-10(11,2)3/h9,12H,4-8H2,1-3H3/t9-/m0/s1. The Bertz CT molecular complexity index is 145. The van der Waals surface area contributed by atoms with E-state index in [1.807, 2.05) is 6.92 Å². The molecule has 1 aliphatic heterocycles. The maximum atomic E-state index is 9.51. The van der Waals surface area contributed by atoms with Gasteiger partial charge in [0.25, 0.3) is 0 Å². The largest absolute Gasteiger partial charge is 0.392 e. The van der Waals surface area contributed by atoms with Gasteiger partial charge >= 0.3 is 0 Å². The SMILES string of the molecule is CC[C@H](O)CN1CCCC1(C)C. The Balaban J connectivity index is 2.41. The van der Waals surface area contributed by atoms with E-state index >= 15 is 0 Å². The second-order valence-corrected chi connectivity index (χ2v) is 4.42. The van der Waals surface area contributed by atoms with Gasteiger partial charge in [0.2, 0.25) is 0 Å². The van der Waals surface area contributed by atoms with Gasteiger partial charge in [0.15, 0.2) is 0 Å². The number of aliphatic hydroxyl groups is 1. The summed E-state index contributed by atoms with van der Waals surface area (Å²) in [7, 11) is 0. The molecule has 0 aromatic heterocycles. The van der Waals surface area contributed by atoms with Crippen molar-refractivity contribution < 1.29 is 5.11 Å². The molecule has 1 rings (SSSR count). The van der Waals surface area contributed by atoms with Gasteiger partial charge in [-0.2, -0.15) is 0 Å². The molecule has 1 saturated heterocycles. The Morgan fingerprint density at radius 3 is 2.58 bits per heavy atom. The van der Waals surface area contributed by atoms with Crippen LogP contribution in [0.2, 0.25) is 0 Å². The summed E-state index contributed by atoms with van der Waals surface area (Å²) < 4.78 is 0. The number of hydrogen-bond acceptors (Lipinski definition) is 2. The van der Waals surface area contributed by atoms with Gasteiger partial charge in [0.05, 0.1) is 6.10 Å². The van der Waals surface area contributed by atoms with Crippen molar-refractivity contribution in [2.75, 3.05) is 13.1 Å². The Morgan fingerprint density at radius 2 is 2.17 bits per heavy atom. The van der Waals surface area contributed by atoms with Crippen LogP contribution >= 0.6 is 0 Å². The van der Waals surface area contributed by atoms with Crippen LogP contribution in [0.5, 0.6) is 0 Å². The number of rotatable bonds is 3. The second kappa shape index (κ2) is 3.75. The monoisotopic (exact) mass is 171 g/mol. The van der Waals surface area contributed by atoms with Crippen molar-refractivity contribution in [2.45, 2.75) is 51.7 Å². The molecule has 0 aliphatic carbocycles. The van der Waals surface area contributed by atoms with Gasteiger partial charge in [0, 0.05) is 12.1 Å². The van der Waals surface area contributed by atoms with Gasteiger partial charge in [-0.3, -0.25) is 4.90 Å². The molecule has 0 aromatic carbocycles. The summed E-state index contributed by atoms with van der Waals surface area (Å²) in [5.74, 6) is 0. The number of hydrogen-bond donors (Lipinski definition) is 1. The summed E-state index contributed by atoms with van der Waals surface area (Å²) in [6.07, 6.45) is 3.28. The highest BCUT2D eigenvalue weighted by Gasteiger charge is 2.32. The molecule has 2 heteroatoms. The average Bonchev–Trinajstić information content (AvgIpc) is 2.31. The van der Waals surface area contributed by atoms with Crippen LogP contribution in [0.3, 0.4) is 0 Å². The van der Waals surface area contributed by atoms with Crippen LogP contribution in [0.15, 0.2) is 0 Å². The van der Waals surface area contributed by atoms with Gasteiger partial charge in [-0.05, 0) is 39.7 Å². The first-order valence-corrected chi connectivity index (χ1v) is 4.99. The van der Waals surface area contributed by atoms with E-state index in [4.69, 9.17) is 0 Å². The molecule has 0 amide bonds. The lowest BCUT2D eigenvalue weighted by atomic mass is 10.0. The number of nitrogens with zero attached hydrogens (tertiary/aromatic N) is 1. The van der Waals surface area contributed by atoms with Crippen LogP contribution in [-0.4, -0.2) is 34.7 Å². The van der Waals surface area contributed by atoms with Gasteiger partial charge < -0.3 is 5.11 Å². The smallest absolute Gasteiger partial charge is 0.0664 e. The third-order valence-corrected chi connectivity index (χ3v) is 2.98. The average molecular weight is 171 g/mol. The minimum atomic E-state index is -0.137. The molecule has 2 nitrogen and oxygen atoms in total. The summed E-state index contributed by atoms with van der Waals surface area (Å²) in [5.41, 5.74) is 0.316. The Labute approximate surface area is 75.6 Å². The minimum Gasteiger partial charge on any atom is -0.392 e. The van der Waals surface area contributed by atoms with E-state index in [0.717, 1.165) is 19.5 Å². The normalized spacial score (nSPS) is 26.0. The fourth-order valence-electron chi connectivity index (χ4n) is 1.89. The van der Waals surface area contributed by atoms with Crippen LogP contribution in [0.4, 0.5) is 0 Å². The third-order valence-electron chi connectivity index (χ3n) is 2.98. The van der Waals surface area contributed by atoms with Crippen molar-refractivity contribution in [3.8, 4) is 0 Å². The van der Waals surface area contributed by atoms with E-state index in [9.17, 15) is 5.11 Å². The van der Waals surface area contributed by atoms with E-state index < -0.39 is 0 Å². The molecule has 0 spiro atoms. The fourth-order valence-corrected chi connectivity index (χ4v) is 1.89. The quantitative estimate of drug-likeness (QED) is 0.697.